The normalized spacial score (nSPS) is 16.0. The zero-order valence-electron chi connectivity index (χ0n) is 15.6. The highest BCUT2D eigenvalue weighted by Crippen LogP contribution is 2.41. The monoisotopic (exact) mass is 395 g/mol. The van der Waals surface area contributed by atoms with Gasteiger partial charge >= 0.3 is 0 Å². The van der Waals surface area contributed by atoms with Crippen molar-refractivity contribution in [3.63, 3.8) is 0 Å². The van der Waals surface area contributed by atoms with Gasteiger partial charge in [0, 0.05) is 25.2 Å². The van der Waals surface area contributed by atoms with Crippen molar-refractivity contribution in [2.45, 2.75) is 45.1 Å². The van der Waals surface area contributed by atoms with Crippen LogP contribution in [0.25, 0.3) is 0 Å². The number of rotatable bonds is 8. The van der Waals surface area contributed by atoms with Crippen LogP contribution in [-0.4, -0.2) is 42.5 Å². The number of phenols is 1. The lowest BCUT2D eigenvalue weighted by atomic mass is 9.67. The van der Waals surface area contributed by atoms with Gasteiger partial charge in [-0.05, 0) is 50.8 Å². The summed E-state index contributed by atoms with van der Waals surface area (Å²) in [6, 6.07) is 4.22. The molecule has 0 radical (unpaired) electrons. The lowest BCUT2D eigenvalue weighted by Gasteiger charge is -2.38. The van der Waals surface area contributed by atoms with E-state index >= 15 is 0 Å². The Hall–Kier alpha value is -2.28. The van der Waals surface area contributed by atoms with Crippen molar-refractivity contribution in [2.24, 2.45) is 5.41 Å². The second-order valence-corrected chi connectivity index (χ2v) is 7.36. The molecule has 1 atom stereocenters. The quantitative estimate of drug-likeness (QED) is 0.398. The van der Waals surface area contributed by atoms with Crippen molar-refractivity contribution >= 4 is 29.3 Å². The van der Waals surface area contributed by atoms with Crippen molar-refractivity contribution in [1.29, 1.82) is 0 Å². The van der Waals surface area contributed by atoms with E-state index in [2.05, 4.69) is 16.0 Å². The van der Waals surface area contributed by atoms with Gasteiger partial charge in [0.1, 0.15) is 11.2 Å². The van der Waals surface area contributed by atoms with Crippen molar-refractivity contribution in [1.82, 2.24) is 16.0 Å². The van der Waals surface area contributed by atoms with Crippen LogP contribution in [0.3, 0.4) is 0 Å². The summed E-state index contributed by atoms with van der Waals surface area (Å²) in [6.45, 7) is 2.32. The summed E-state index contributed by atoms with van der Waals surface area (Å²) in [4.78, 5) is 36.5. The first-order chi connectivity index (χ1) is 12.8. The van der Waals surface area contributed by atoms with E-state index in [-0.39, 0.29) is 34.5 Å². The van der Waals surface area contributed by atoms with Crippen LogP contribution < -0.4 is 16.0 Å². The maximum Gasteiger partial charge on any atom is 0.251 e. The molecule has 27 heavy (non-hydrogen) atoms. The highest BCUT2D eigenvalue weighted by atomic mass is 35.5. The molecular formula is C19H26ClN3O4. The summed E-state index contributed by atoms with van der Waals surface area (Å²) in [6.07, 6.45) is 3.37. The molecule has 1 aliphatic rings. The van der Waals surface area contributed by atoms with Gasteiger partial charge in [0.15, 0.2) is 0 Å². The second-order valence-electron chi connectivity index (χ2n) is 6.95. The Balaban J connectivity index is 1.73. The number of benzene rings is 1. The van der Waals surface area contributed by atoms with E-state index < -0.39 is 5.41 Å². The molecule has 1 unspecified atom stereocenters. The number of hydrogen-bond acceptors (Lipinski definition) is 4. The van der Waals surface area contributed by atoms with Gasteiger partial charge in [0.05, 0.1) is 5.02 Å². The summed E-state index contributed by atoms with van der Waals surface area (Å²) in [5.74, 6) is -0.883. The fraction of sp³-hybridized carbons (Fsp3) is 0.526. The third-order valence-electron chi connectivity index (χ3n) is 4.99. The number of phenolic OH excluding ortho intramolecular Hbond substituents is 1. The topological polar surface area (TPSA) is 108 Å². The van der Waals surface area contributed by atoms with Gasteiger partial charge in [0.25, 0.3) is 5.91 Å². The summed E-state index contributed by atoms with van der Waals surface area (Å²) in [5.41, 5.74) is -0.593. The van der Waals surface area contributed by atoms with Crippen LogP contribution in [-0.2, 0) is 9.59 Å². The van der Waals surface area contributed by atoms with Gasteiger partial charge in [-0.1, -0.05) is 18.0 Å². The molecule has 1 aromatic rings. The molecule has 3 amide bonds. The van der Waals surface area contributed by atoms with Gasteiger partial charge in [-0.25, -0.2) is 0 Å². The van der Waals surface area contributed by atoms with Crippen LogP contribution in [0.2, 0.25) is 5.02 Å². The Labute approximate surface area is 163 Å². The smallest absolute Gasteiger partial charge is 0.251 e. The third-order valence-corrected chi connectivity index (χ3v) is 5.31. The number of carbonyl (C=O) groups is 3. The highest BCUT2D eigenvalue weighted by molar-refractivity contribution is 6.32. The van der Waals surface area contributed by atoms with E-state index in [0.717, 1.165) is 6.42 Å². The van der Waals surface area contributed by atoms with Crippen LogP contribution in [0.5, 0.6) is 5.75 Å². The summed E-state index contributed by atoms with van der Waals surface area (Å²) < 4.78 is 0. The van der Waals surface area contributed by atoms with Gasteiger partial charge in [-0.3, -0.25) is 14.4 Å². The second kappa shape index (κ2) is 9.08. The molecule has 0 aliphatic heterocycles. The lowest BCUT2D eigenvalue weighted by molar-refractivity contribution is -0.149. The summed E-state index contributed by atoms with van der Waals surface area (Å²) in [5, 5.41) is 18.0. The van der Waals surface area contributed by atoms with Crippen LogP contribution in [0.4, 0.5) is 0 Å². The Morgan fingerprint density at radius 2 is 1.96 bits per heavy atom. The molecule has 0 saturated heterocycles. The van der Waals surface area contributed by atoms with Crippen molar-refractivity contribution in [3.05, 3.63) is 28.8 Å². The average molecular weight is 396 g/mol. The van der Waals surface area contributed by atoms with Crippen LogP contribution in [0.1, 0.15) is 49.4 Å². The SMILES string of the molecule is CNC(=O)C1(C(=O)NC(C)CCCNC(=O)c2ccc(Cl)c(O)c2)CCC1. The van der Waals surface area contributed by atoms with Crippen molar-refractivity contribution < 1.29 is 19.5 Å². The van der Waals surface area contributed by atoms with E-state index in [9.17, 15) is 19.5 Å². The summed E-state index contributed by atoms with van der Waals surface area (Å²) >= 11 is 5.72. The minimum Gasteiger partial charge on any atom is -0.506 e. The van der Waals surface area contributed by atoms with E-state index in [0.29, 0.717) is 37.8 Å². The largest absolute Gasteiger partial charge is 0.506 e. The fourth-order valence-electron chi connectivity index (χ4n) is 3.13. The molecule has 1 aliphatic carbocycles. The molecule has 0 heterocycles. The Morgan fingerprint density at radius 1 is 1.26 bits per heavy atom. The van der Waals surface area contributed by atoms with Crippen LogP contribution in [0, 0.1) is 5.41 Å². The molecule has 0 bridgehead atoms. The molecule has 8 heteroatoms. The number of amides is 3. The van der Waals surface area contributed by atoms with E-state index in [1.165, 1.54) is 18.2 Å². The predicted octanol–water partition coefficient (Wildman–Crippen LogP) is 1.98. The molecule has 0 aromatic heterocycles. The number of nitrogens with one attached hydrogen (secondary N) is 3. The minimum absolute atomic E-state index is 0.101. The van der Waals surface area contributed by atoms with Gasteiger partial charge in [0.2, 0.25) is 11.8 Å². The maximum atomic E-state index is 12.5. The lowest BCUT2D eigenvalue weighted by Crippen LogP contribution is -2.56. The van der Waals surface area contributed by atoms with E-state index in [4.69, 9.17) is 11.6 Å². The fourth-order valence-corrected chi connectivity index (χ4v) is 3.24. The molecule has 1 saturated carbocycles. The number of hydrogen-bond donors (Lipinski definition) is 4. The van der Waals surface area contributed by atoms with Crippen molar-refractivity contribution in [2.75, 3.05) is 13.6 Å². The molecule has 1 fully saturated rings. The first-order valence-corrected chi connectivity index (χ1v) is 9.48. The van der Waals surface area contributed by atoms with Gasteiger partial charge in [-0.2, -0.15) is 0 Å². The zero-order chi connectivity index (χ0) is 20.0. The molecule has 4 N–H and O–H groups in total. The predicted molar refractivity (Wildman–Crippen MR) is 103 cm³/mol. The average Bonchev–Trinajstić information content (AvgIpc) is 2.59. The van der Waals surface area contributed by atoms with Gasteiger partial charge in [-0.15, -0.1) is 0 Å². The minimum atomic E-state index is -0.923. The number of halogens is 1. The standard InChI is InChI=1S/C19H26ClN3O4/c1-12(23-18(27)19(8-4-9-19)17(26)21-2)5-3-10-22-16(25)13-6-7-14(20)15(24)11-13/h6-7,11-12,24H,3-5,8-10H2,1-2H3,(H,21,26)(H,22,25)(H,23,27). The molecule has 148 valence electrons. The highest BCUT2D eigenvalue weighted by Gasteiger charge is 2.50. The molecule has 2 rings (SSSR count). The zero-order valence-corrected chi connectivity index (χ0v) is 16.4. The molecular weight excluding hydrogens is 370 g/mol. The van der Waals surface area contributed by atoms with Crippen LogP contribution in [0.15, 0.2) is 18.2 Å². The van der Waals surface area contributed by atoms with Crippen LogP contribution >= 0.6 is 11.6 Å². The number of aromatic hydroxyl groups is 1. The first-order valence-electron chi connectivity index (χ1n) is 9.10. The molecule has 0 spiro atoms. The van der Waals surface area contributed by atoms with E-state index in [1.54, 1.807) is 7.05 Å². The Kier molecular flexibility index (Phi) is 7.07. The van der Waals surface area contributed by atoms with Gasteiger partial charge < -0.3 is 21.1 Å². The van der Waals surface area contributed by atoms with E-state index in [1.807, 2.05) is 6.92 Å². The van der Waals surface area contributed by atoms with Crippen molar-refractivity contribution in [3.8, 4) is 5.75 Å². The Morgan fingerprint density at radius 3 is 2.52 bits per heavy atom. The first kappa shape index (κ1) is 21.0. The summed E-state index contributed by atoms with van der Waals surface area (Å²) in [7, 11) is 1.54. The third kappa shape index (κ3) is 4.91. The molecule has 7 nitrogen and oxygen atoms in total. The Bertz CT molecular complexity index is 719. The maximum absolute atomic E-state index is 12.5. The number of carbonyl (C=O) groups excluding carboxylic acids is 3. The molecule has 1 aromatic carbocycles.